The average Bonchev–Trinajstić information content (AvgIpc) is 2.60. The third-order valence-electron chi connectivity index (χ3n) is 4.11. The molecule has 0 aliphatic heterocycles. The number of aryl methyl sites for hydroxylation is 1. The lowest BCUT2D eigenvalue weighted by molar-refractivity contribution is 0.337. The van der Waals surface area contributed by atoms with Gasteiger partial charge in [-0.3, -0.25) is 0 Å². The Bertz CT molecular complexity index is 347. The summed E-state index contributed by atoms with van der Waals surface area (Å²) in [6, 6.07) is 2.91. The van der Waals surface area contributed by atoms with Crippen molar-refractivity contribution >= 4 is 27.3 Å². The van der Waals surface area contributed by atoms with Gasteiger partial charge in [0.25, 0.3) is 0 Å². The van der Waals surface area contributed by atoms with E-state index < -0.39 is 0 Å². The van der Waals surface area contributed by atoms with Gasteiger partial charge in [0.1, 0.15) is 0 Å². The molecule has 1 heterocycles. The summed E-state index contributed by atoms with van der Waals surface area (Å²) in [7, 11) is 0. The Morgan fingerprint density at radius 3 is 2.56 bits per heavy atom. The molecule has 2 rings (SSSR count). The SMILES string of the molecule is Cc1sc(CN[C@@H](C)C2CCCCCC2)cc1Br. The molecule has 1 aromatic heterocycles. The Balaban J connectivity index is 1.81. The van der Waals surface area contributed by atoms with Gasteiger partial charge in [-0.05, 0) is 54.6 Å². The van der Waals surface area contributed by atoms with Crippen molar-refractivity contribution in [3.8, 4) is 0 Å². The van der Waals surface area contributed by atoms with E-state index in [0.29, 0.717) is 6.04 Å². The maximum absolute atomic E-state index is 3.73. The lowest BCUT2D eigenvalue weighted by Gasteiger charge is -2.23. The van der Waals surface area contributed by atoms with Crippen LogP contribution in [0.2, 0.25) is 0 Å². The molecule has 0 spiro atoms. The highest BCUT2D eigenvalue weighted by molar-refractivity contribution is 9.10. The molecule has 0 saturated heterocycles. The highest BCUT2D eigenvalue weighted by Gasteiger charge is 2.18. The summed E-state index contributed by atoms with van der Waals surface area (Å²) < 4.78 is 1.26. The molecule has 3 heteroatoms. The Labute approximate surface area is 123 Å². The quantitative estimate of drug-likeness (QED) is 0.742. The van der Waals surface area contributed by atoms with Crippen LogP contribution in [0.5, 0.6) is 0 Å². The number of hydrogen-bond donors (Lipinski definition) is 1. The van der Waals surface area contributed by atoms with Gasteiger partial charge < -0.3 is 5.32 Å². The molecular weight excluding hydrogens is 306 g/mol. The zero-order valence-corrected chi connectivity index (χ0v) is 13.9. The summed E-state index contributed by atoms with van der Waals surface area (Å²) in [6.45, 7) is 5.56. The summed E-state index contributed by atoms with van der Waals surface area (Å²) in [5.41, 5.74) is 0. The fraction of sp³-hybridized carbons (Fsp3) is 0.733. The van der Waals surface area contributed by atoms with E-state index in [1.54, 1.807) is 0 Å². The van der Waals surface area contributed by atoms with E-state index in [1.807, 2.05) is 11.3 Å². The third kappa shape index (κ3) is 4.07. The van der Waals surface area contributed by atoms with Gasteiger partial charge in [0.05, 0.1) is 0 Å². The van der Waals surface area contributed by atoms with Crippen molar-refractivity contribution in [3.63, 3.8) is 0 Å². The monoisotopic (exact) mass is 329 g/mol. The van der Waals surface area contributed by atoms with Crippen LogP contribution in [0.3, 0.4) is 0 Å². The summed E-state index contributed by atoms with van der Waals surface area (Å²) in [5.74, 6) is 0.886. The molecule has 1 saturated carbocycles. The van der Waals surface area contributed by atoms with Crippen LogP contribution in [0.1, 0.15) is 55.2 Å². The first kappa shape index (κ1) is 14.5. The van der Waals surface area contributed by atoms with E-state index in [1.165, 1.54) is 52.8 Å². The van der Waals surface area contributed by atoms with Crippen LogP contribution in [0, 0.1) is 12.8 Å². The molecule has 1 N–H and O–H groups in total. The van der Waals surface area contributed by atoms with Crippen LogP contribution < -0.4 is 5.32 Å². The van der Waals surface area contributed by atoms with E-state index >= 15 is 0 Å². The van der Waals surface area contributed by atoms with E-state index in [9.17, 15) is 0 Å². The molecule has 1 aliphatic rings. The van der Waals surface area contributed by atoms with Crippen LogP contribution in [0.15, 0.2) is 10.5 Å². The van der Waals surface area contributed by atoms with Gasteiger partial charge in [-0.2, -0.15) is 0 Å². The van der Waals surface area contributed by atoms with E-state index in [2.05, 4.69) is 41.2 Å². The van der Waals surface area contributed by atoms with Crippen LogP contribution in [-0.4, -0.2) is 6.04 Å². The average molecular weight is 330 g/mol. The second kappa shape index (κ2) is 7.06. The second-order valence-electron chi connectivity index (χ2n) is 5.54. The highest BCUT2D eigenvalue weighted by atomic mass is 79.9. The lowest BCUT2D eigenvalue weighted by atomic mass is 9.93. The fourth-order valence-electron chi connectivity index (χ4n) is 2.84. The summed E-state index contributed by atoms with van der Waals surface area (Å²) in [5, 5.41) is 3.73. The maximum atomic E-state index is 3.73. The normalized spacial score (nSPS) is 19.7. The molecule has 1 aliphatic carbocycles. The maximum Gasteiger partial charge on any atom is 0.0314 e. The number of nitrogens with one attached hydrogen (secondary N) is 1. The minimum Gasteiger partial charge on any atom is -0.309 e. The predicted octanol–water partition coefficient (Wildman–Crippen LogP) is 5.27. The molecule has 0 unspecified atom stereocenters. The molecule has 1 atom stereocenters. The summed E-state index contributed by atoms with van der Waals surface area (Å²) in [6.07, 6.45) is 8.59. The largest absolute Gasteiger partial charge is 0.309 e. The van der Waals surface area contributed by atoms with Crippen molar-refractivity contribution in [3.05, 3.63) is 20.3 Å². The summed E-state index contributed by atoms with van der Waals surface area (Å²) >= 11 is 5.49. The summed E-state index contributed by atoms with van der Waals surface area (Å²) in [4.78, 5) is 2.83. The van der Waals surface area contributed by atoms with Crippen LogP contribution in [0.4, 0.5) is 0 Å². The van der Waals surface area contributed by atoms with Gasteiger partial charge >= 0.3 is 0 Å². The van der Waals surface area contributed by atoms with Crippen LogP contribution in [0.25, 0.3) is 0 Å². The van der Waals surface area contributed by atoms with Gasteiger partial charge in [-0.1, -0.05) is 25.7 Å². The van der Waals surface area contributed by atoms with E-state index in [4.69, 9.17) is 0 Å². The molecule has 18 heavy (non-hydrogen) atoms. The minimum atomic E-state index is 0.657. The molecule has 0 radical (unpaired) electrons. The molecule has 0 bridgehead atoms. The smallest absolute Gasteiger partial charge is 0.0314 e. The van der Waals surface area contributed by atoms with Crippen LogP contribution >= 0.6 is 27.3 Å². The van der Waals surface area contributed by atoms with E-state index in [-0.39, 0.29) is 0 Å². The highest BCUT2D eigenvalue weighted by Crippen LogP contribution is 2.28. The van der Waals surface area contributed by atoms with Crippen molar-refractivity contribution in [1.29, 1.82) is 0 Å². The number of halogens is 1. The Hall–Kier alpha value is 0.140. The van der Waals surface area contributed by atoms with Crippen molar-refractivity contribution in [2.75, 3.05) is 0 Å². The Morgan fingerprint density at radius 1 is 1.33 bits per heavy atom. The molecule has 0 amide bonds. The minimum absolute atomic E-state index is 0.657. The predicted molar refractivity (Wildman–Crippen MR) is 84.2 cm³/mol. The van der Waals surface area contributed by atoms with Crippen molar-refractivity contribution in [2.45, 2.75) is 65.0 Å². The molecule has 1 nitrogen and oxygen atoms in total. The molecule has 0 aromatic carbocycles. The van der Waals surface area contributed by atoms with Gasteiger partial charge in [0, 0.05) is 26.8 Å². The van der Waals surface area contributed by atoms with Gasteiger partial charge in [-0.25, -0.2) is 0 Å². The van der Waals surface area contributed by atoms with Gasteiger partial charge in [0.15, 0.2) is 0 Å². The Kier molecular flexibility index (Phi) is 5.71. The third-order valence-corrected chi connectivity index (χ3v) is 6.25. The number of hydrogen-bond acceptors (Lipinski definition) is 2. The number of rotatable bonds is 4. The van der Waals surface area contributed by atoms with Gasteiger partial charge in [-0.15, -0.1) is 11.3 Å². The van der Waals surface area contributed by atoms with Crippen molar-refractivity contribution in [1.82, 2.24) is 5.32 Å². The second-order valence-corrected chi connectivity index (χ2v) is 7.73. The molecule has 1 fully saturated rings. The van der Waals surface area contributed by atoms with Crippen molar-refractivity contribution < 1.29 is 0 Å². The zero-order valence-electron chi connectivity index (χ0n) is 11.5. The zero-order chi connectivity index (χ0) is 13.0. The molecule has 102 valence electrons. The molecular formula is C15H24BrNS. The van der Waals surface area contributed by atoms with Crippen LogP contribution in [-0.2, 0) is 6.54 Å². The number of thiophene rings is 1. The van der Waals surface area contributed by atoms with Gasteiger partial charge in [0.2, 0.25) is 0 Å². The topological polar surface area (TPSA) is 12.0 Å². The Morgan fingerprint density at radius 2 is 2.00 bits per heavy atom. The first-order chi connectivity index (χ1) is 8.66. The molecule has 1 aromatic rings. The fourth-order valence-corrected chi connectivity index (χ4v) is 4.40. The first-order valence-electron chi connectivity index (χ1n) is 7.15. The standard InChI is InChI=1S/C15H24BrNS/c1-11(13-7-5-3-4-6-8-13)17-10-14-9-15(16)12(2)18-14/h9,11,13,17H,3-8,10H2,1-2H3/t11-/m0/s1. The lowest BCUT2D eigenvalue weighted by Crippen LogP contribution is -2.32. The first-order valence-corrected chi connectivity index (χ1v) is 8.76. The van der Waals surface area contributed by atoms with Crippen molar-refractivity contribution in [2.24, 2.45) is 5.92 Å². The van der Waals surface area contributed by atoms with E-state index in [0.717, 1.165) is 12.5 Å².